The first kappa shape index (κ1) is 21.5. The minimum atomic E-state index is -4.24. The Balaban J connectivity index is 1.77. The molecule has 0 spiro atoms. The summed E-state index contributed by atoms with van der Waals surface area (Å²) in [6.45, 7) is 1.67. The molecule has 4 rings (SSSR count). The summed E-state index contributed by atoms with van der Waals surface area (Å²) >= 11 is 5.98. The first-order valence-electron chi connectivity index (χ1n) is 9.23. The van der Waals surface area contributed by atoms with Gasteiger partial charge in [0.1, 0.15) is 10.7 Å². The molecule has 1 aromatic heterocycles. The second-order valence-electron chi connectivity index (χ2n) is 6.84. The van der Waals surface area contributed by atoms with Crippen molar-refractivity contribution in [2.24, 2.45) is 0 Å². The van der Waals surface area contributed by atoms with Gasteiger partial charge in [0.05, 0.1) is 32.2 Å². The standard InChI is InChI=1S/C21H15ClN4O5S/c1-13-23-19-8-3-2-7-17(19)21(27)25(13)15-6-4-5-14(11-15)24-32(30,31)20-12-16(26(28)29)9-10-18(20)22/h2-12,24H,1H3. The van der Waals surface area contributed by atoms with Gasteiger partial charge in [-0.3, -0.25) is 24.2 Å². The molecule has 0 bridgehead atoms. The van der Waals surface area contributed by atoms with Gasteiger partial charge in [0, 0.05) is 12.1 Å². The third kappa shape index (κ3) is 3.93. The van der Waals surface area contributed by atoms with Crippen molar-refractivity contribution in [1.29, 1.82) is 0 Å². The number of rotatable bonds is 5. The predicted molar refractivity (Wildman–Crippen MR) is 121 cm³/mol. The highest BCUT2D eigenvalue weighted by Crippen LogP contribution is 2.28. The number of hydrogen-bond acceptors (Lipinski definition) is 6. The number of nitro benzene ring substituents is 1. The molecule has 11 heteroatoms. The summed E-state index contributed by atoms with van der Waals surface area (Å²) in [7, 11) is -4.24. The molecule has 9 nitrogen and oxygen atoms in total. The molecule has 0 atom stereocenters. The molecule has 0 unspecified atom stereocenters. The van der Waals surface area contributed by atoms with Crippen LogP contribution < -0.4 is 10.3 Å². The van der Waals surface area contributed by atoms with Gasteiger partial charge in [-0.1, -0.05) is 29.8 Å². The number of anilines is 1. The van der Waals surface area contributed by atoms with E-state index in [1.54, 1.807) is 43.3 Å². The zero-order valence-electron chi connectivity index (χ0n) is 16.5. The van der Waals surface area contributed by atoms with Crippen LogP contribution in [0.4, 0.5) is 11.4 Å². The third-order valence-electron chi connectivity index (χ3n) is 4.72. The molecule has 0 aliphatic carbocycles. The Bertz CT molecular complexity index is 1550. The van der Waals surface area contributed by atoms with Crippen LogP contribution in [-0.4, -0.2) is 22.9 Å². The van der Waals surface area contributed by atoms with Crippen molar-refractivity contribution in [2.75, 3.05) is 4.72 Å². The van der Waals surface area contributed by atoms with E-state index in [0.29, 0.717) is 22.4 Å². The smallest absolute Gasteiger partial charge is 0.270 e. The van der Waals surface area contributed by atoms with E-state index in [1.165, 1.54) is 16.7 Å². The number of halogens is 1. The number of benzene rings is 3. The lowest BCUT2D eigenvalue weighted by Crippen LogP contribution is -2.22. The summed E-state index contributed by atoms with van der Waals surface area (Å²) in [6, 6.07) is 16.2. The first-order valence-corrected chi connectivity index (χ1v) is 11.1. The van der Waals surface area contributed by atoms with Crippen LogP contribution in [-0.2, 0) is 10.0 Å². The molecule has 3 aromatic carbocycles. The van der Waals surface area contributed by atoms with Crippen molar-refractivity contribution in [3.8, 4) is 5.69 Å². The van der Waals surface area contributed by atoms with E-state index >= 15 is 0 Å². The summed E-state index contributed by atoms with van der Waals surface area (Å²) < 4.78 is 29.4. The number of aromatic nitrogens is 2. The van der Waals surface area contributed by atoms with E-state index in [-0.39, 0.29) is 16.3 Å². The van der Waals surface area contributed by atoms with Gasteiger partial charge in [-0.05, 0) is 43.3 Å². The Kier molecular flexibility index (Phi) is 5.41. The minimum Gasteiger partial charge on any atom is -0.280 e. The highest BCUT2D eigenvalue weighted by Gasteiger charge is 2.22. The second-order valence-corrected chi connectivity index (χ2v) is 8.90. The molecule has 0 amide bonds. The number of para-hydroxylation sites is 1. The van der Waals surface area contributed by atoms with Gasteiger partial charge < -0.3 is 0 Å². The number of hydrogen-bond donors (Lipinski definition) is 1. The summed E-state index contributed by atoms with van der Waals surface area (Å²) in [5.74, 6) is 0.426. The molecule has 32 heavy (non-hydrogen) atoms. The number of non-ortho nitro benzene ring substituents is 1. The van der Waals surface area contributed by atoms with Crippen molar-refractivity contribution < 1.29 is 13.3 Å². The molecule has 4 aromatic rings. The fourth-order valence-corrected chi connectivity index (χ4v) is 4.85. The normalized spacial score (nSPS) is 11.4. The van der Waals surface area contributed by atoms with E-state index in [0.717, 1.165) is 18.2 Å². The largest absolute Gasteiger partial charge is 0.280 e. The SMILES string of the molecule is Cc1nc2ccccc2c(=O)n1-c1cccc(NS(=O)(=O)c2cc([N+](=O)[O-])ccc2Cl)c1. The van der Waals surface area contributed by atoms with Crippen LogP contribution in [0.1, 0.15) is 5.82 Å². The molecule has 1 N–H and O–H groups in total. The van der Waals surface area contributed by atoms with Crippen molar-refractivity contribution in [3.05, 3.63) is 98.0 Å². The molecular weight excluding hydrogens is 456 g/mol. The maximum absolute atomic E-state index is 13.0. The van der Waals surface area contributed by atoms with E-state index in [4.69, 9.17) is 11.6 Å². The lowest BCUT2D eigenvalue weighted by Gasteiger charge is -2.13. The topological polar surface area (TPSA) is 124 Å². The van der Waals surface area contributed by atoms with Crippen molar-refractivity contribution in [1.82, 2.24) is 9.55 Å². The molecule has 0 saturated carbocycles. The molecule has 0 aliphatic rings. The van der Waals surface area contributed by atoms with Crippen LogP contribution in [0.15, 0.2) is 76.4 Å². The molecule has 0 radical (unpaired) electrons. The summed E-state index contributed by atoms with van der Waals surface area (Å²) in [5.41, 5.74) is 0.395. The molecule has 162 valence electrons. The van der Waals surface area contributed by atoms with Crippen LogP contribution in [0.2, 0.25) is 5.02 Å². The van der Waals surface area contributed by atoms with E-state index in [1.807, 2.05) is 0 Å². The fourth-order valence-electron chi connectivity index (χ4n) is 3.28. The fraction of sp³-hybridized carbons (Fsp3) is 0.0476. The van der Waals surface area contributed by atoms with Gasteiger partial charge in [-0.25, -0.2) is 13.4 Å². The predicted octanol–water partition coefficient (Wildman–Crippen LogP) is 4.06. The zero-order valence-corrected chi connectivity index (χ0v) is 18.1. The molecule has 0 saturated heterocycles. The number of nitro groups is 1. The van der Waals surface area contributed by atoms with Gasteiger partial charge in [-0.2, -0.15) is 0 Å². The molecule has 0 aliphatic heterocycles. The van der Waals surface area contributed by atoms with Crippen LogP contribution in [0.3, 0.4) is 0 Å². The molecule has 0 fully saturated rings. The monoisotopic (exact) mass is 470 g/mol. The summed E-state index contributed by atoms with van der Waals surface area (Å²) in [4.78, 5) is 27.3. The van der Waals surface area contributed by atoms with E-state index in [2.05, 4.69) is 9.71 Å². The highest BCUT2D eigenvalue weighted by molar-refractivity contribution is 7.92. The Labute approximate surface area is 187 Å². The number of nitrogens with one attached hydrogen (secondary N) is 1. The van der Waals surface area contributed by atoms with Crippen molar-refractivity contribution in [2.45, 2.75) is 11.8 Å². The lowest BCUT2D eigenvalue weighted by molar-refractivity contribution is -0.385. The average molecular weight is 471 g/mol. The summed E-state index contributed by atoms with van der Waals surface area (Å²) in [5, 5.41) is 11.3. The maximum Gasteiger partial charge on any atom is 0.270 e. The Morgan fingerprint density at radius 3 is 2.56 bits per heavy atom. The number of sulfonamides is 1. The lowest BCUT2D eigenvalue weighted by atomic mass is 10.2. The van der Waals surface area contributed by atoms with E-state index in [9.17, 15) is 23.3 Å². The summed E-state index contributed by atoms with van der Waals surface area (Å²) in [6.07, 6.45) is 0. The molecular formula is C21H15ClN4O5S. The second kappa shape index (κ2) is 8.06. The Hall–Kier alpha value is -3.76. The van der Waals surface area contributed by atoms with Crippen LogP contribution in [0.25, 0.3) is 16.6 Å². The van der Waals surface area contributed by atoms with Crippen molar-refractivity contribution in [3.63, 3.8) is 0 Å². The van der Waals surface area contributed by atoms with Crippen LogP contribution in [0.5, 0.6) is 0 Å². The first-order chi connectivity index (χ1) is 15.2. The Morgan fingerprint density at radius 2 is 1.81 bits per heavy atom. The Morgan fingerprint density at radius 1 is 1.06 bits per heavy atom. The number of fused-ring (bicyclic) bond motifs is 1. The van der Waals surface area contributed by atoms with Crippen molar-refractivity contribution >= 4 is 43.9 Å². The van der Waals surface area contributed by atoms with Crippen LogP contribution in [0, 0.1) is 17.0 Å². The van der Waals surface area contributed by atoms with Crippen LogP contribution >= 0.6 is 11.6 Å². The van der Waals surface area contributed by atoms with Gasteiger partial charge in [-0.15, -0.1) is 0 Å². The average Bonchev–Trinajstić information content (AvgIpc) is 2.73. The number of nitrogens with zero attached hydrogens (tertiary/aromatic N) is 3. The number of aryl methyl sites for hydroxylation is 1. The van der Waals surface area contributed by atoms with E-state index < -0.39 is 25.5 Å². The van der Waals surface area contributed by atoms with Gasteiger partial charge in [0.2, 0.25) is 0 Å². The maximum atomic E-state index is 13.0. The van der Waals surface area contributed by atoms with Gasteiger partial charge in [0.25, 0.3) is 21.3 Å². The quantitative estimate of drug-likeness (QED) is 0.346. The zero-order chi connectivity index (χ0) is 23.0. The minimum absolute atomic E-state index is 0.143. The third-order valence-corrected chi connectivity index (χ3v) is 6.58. The van der Waals surface area contributed by atoms with Gasteiger partial charge in [0.15, 0.2) is 0 Å². The molecule has 1 heterocycles. The highest BCUT2D eigenvalue weighted by atomic mass is 35.5. The van der Waals surface area contributed by atoms with Gasteiger partial charge >= 0.3 is 0 Å².